The van der Waals surface area contributed by atoms with Crippen LogP contribution < -0.4 is 38.3 Å². The van der Waals surface area contributed by atoms with Crippen molar-refractivity contribution >= 4 is 68.0 Å². The predicted molar refractivity (Wildman–Crippen MR) is 255 cm³/mol. The number of benzene rings is 3. The van der Waals surface area contributed by atoms with Gasteiger partial charge in [-0.2, -0.15) is 4.98 Å². The summed E-state index contributed by atoms with van der Waals surface area (Å²) in [6.07, 6.45) is 5.46. The van der Waals surface area contributed by atoms with Crippen LogP contribution in [0.5, 0.6) is 0 Å². The third-order valence-electron chi connectivity index (χ3n) is 10.7. The second-order valence-electron chi connectivity index (χ2n) is 16.8. The van der Waals surface area contributed by atoms with Crippen LogP contribution in [0.3, 0.4) is 0 Å². The number of aromatic amines is 1. The summed E-state index contributed by atoms with van der Waals surface area (Å²) in [5.41, 5.74) is 15.9. The third-order valence-corrected chi connectivity index (χ3v) is 10.7. The number of amides is 3. The van der Waals surface area contributed by atoms with Crippen molar-refractivity contribution in [2.45, 2.75) is 72.4 Å². The van der Waals surface area contributed by atoms with E-state index >= 15 is 0 Å². The Labute approximate surface area is 383 Å². The molecule has 9 N–H and O–H groups in total. The molecule has 3 aromatic carbocycles. The zero-order chi connectivity index (χ0) is 46.9. The molecule has 6 rings (SSSR count). The van der Waals surface area contributed by atoms with Crippen LogP contribution in [-0.2, 0) is 43.3 Å². The molecule has 6 aromatic rings. The minimum absolute atomic E-state index is 0.0263. The number of nitrogen functional groups attached to an aromatic ring is 2. The second-order valence-corrected chi connectivity index (χ2v) is 16.8. The number of H-pyrrole nitrogens is 1. The van der Waals surface area contributed by atoms with Crippen molar-refractivity contribution < 1.29 is 28.6 Å². The number of hydrogen-bond donors (Lipinski definition) is 7. The number of carbonyl (C=O) groups excluding carboxylic acids is 3. The van der Waals surface area contributed by atoms with Crippen molar-refractivity contribution in [3.63, 3.8) is 0 Å². The molecule has 0 aliphatic rings. The fraction of sp³-hybridized carbons (Fsp3) is 0.447. The number of fused-ring (bicyclic) bond motifs is 4. The third kappa shape index (κ3) is 14.1. The molecule has 19 heteroatoms. The Morgan fingerprint density at radius 1 is 0.803 bits per heavy atom. The minimum atomic E-state index is -0.464. The van der Waals surface area contributed by atoms with E-state index < -0.39 is 5.56 Å². The van der Waals surface area contributed by atoms with Crippen molar-refractivity contribution in [3.05, 3.63) is 88.2 Å². The largest absolute Gasteiger partial charge is 0.397 e. The Morgan fingerprint density at radius 2 is 1.53 bits per heavy atom. The van der Waals surface area contributed by atoms with Gasteiger partial charge in [0.25, 0.3) is 11.5 Å². The highest BCUT2D eigenvalue weighted by molar-refractivity contribution is 6.09. The number of nitrogens with one attached hydrogen (secondary N) is 5. The first-order chi connectivity index (χ1) is 31.9. The van der Waals surface area contributed by atoms with E-state index in [9.17, 15) is 19.2 Å². The number of nitrogens with two attached hydrogens (primary N) is 2. The predicted octanol–water partition coefficient (Wildman–Crippen LogP) is 4.24. The van der Waals surface area contributed by atoms with Crippen molar-refractivity contribution in [3.8, 4) is 0 Å². The van der Waals surface area contributed by atoms with Gasteiger partial charge in [-0.1, -0.05) is 51.5 Å². The van der Waals surface area contributed by atoms with Gasteiger partial charge in [0.1, 0.15) is 11.3 Å². The number of hydrogen-bond acceptors (Lipinski definition) is 14. The topological polar surface area (TPSA) is 268 Å². The molecule has 66 heavy (non-hydrogen) atoms. The molecule has 3 amide bonds. The van der Waals surface area contributed by atoms with E-state index in [0.717, 1.165) is 52.6 Å². The highest BCUT2D eigenvalue weighted by atomic mass is 16.5. The summed E-state index contributed by atoms with van der Waals surface area (Å²) in [5.74, 6) is 0.544. The number of aromatic nitrogens is 6. The van der Waals surface area contributed by atoms with Gasteiger partial charge in [-0.05, 0) is 48.6 Å². The summed E-state index contributed by atoms with van der Waals surface area (Å²) in [7, 11) is 0. The van der Waals surface area contributed by atoms with E-state index in [2.05, 4.69) is 78.7 Å². The van der Waals surface area contributed by atoms with Crippen LogP contribution in [0.2, 0.25) is 0 Å². The van der Waals surface area contributed by atoms with Crippen molar-refractivity contribution in [1.82, 2.24) is 45.4 Å². The summed E-state index contributed by atoms with van der Waals surface area (Å²) >= 11 is 0. The Bertz CT molecular complexity index is 2630. The molecule has 19 nitrogen and oxygen atoms in total. The lowest BCUT2D eigenvalue weighted by molar-refractivity contribution is -0.123. The first kappa shape index (κ1) is 48.7. The van der Waals surface area contributed by atoms with E-state index in [4.69, 9.17) is 30.7 Å². The lowest BCUT2D eigenvalue weighted by Crippen LogP contribution is -2.37. The molecule has 0 fully saturated rings. The van der Waals surface area contributed by atoms with Gasteiger partial charge in [-0.15, -0.1) is 0 Å². The van der Waals surface area contributed by atoms with Crippen LogP contribution in [0.1, 0.15) is 74.8 Å². The molecule has 0 bridgehead atoms. The Kier molecular flexibility index (Phi) is 17.7. The molecule has 3 heterocycles. The van der Waals surface area contributed by atoms with E-state index in [1.807, 2.05) is 18.2 Å². The van der Waals surface area contributed by atoms with Crippen LogP contribution >= 0.6 is 0 Å². The van der Waals surface area contributed by atoms with Gasteiger partial charge < -0.3 is 51.5 Å². The molecule has 0 unspecified atom stereocenters. The fourth-order valence-corrected chi connectivity index (χ4v) is 7.25. The number of aryl methyl sites for hydroxylation is 1. The Morgan fingerprint density at radius 3 is 2.30 bits per heavy atom. The molecule has 0 saturated heterocycles. The number of ether oxygens (including phenoxy) is 3. The van der Waals surface area contributed by atoms with Crippen LogP contribution in [0.15, 0.2) is 65.6 Å². The maximum atomic E-state index is 12.7. The van der Waals surface area contributed by atoms with Gasteiger partial charge in [-0.25, -0.2) is 15.0 Å². The molecule has 0 spiro atoms. The van der Waals surface area contributed by atoms with Crippen LogP contribution in [0, 0.1) is 5.41 Å². The monoisotopic (exact) mass is 906 g/mol. The molecule has 0 atom stereocenters. The minimum Gasteiger partial charge on any atom is -0.397 e. The summed E-state index contributed by atoms with van der Waals surface area (Å²) in [5, 5.41) is 14.1. The van der Waals surface area contributed by atoms with Crippen molar-refractivity contribution in [2.75, 3.05) is 76.1 Å². The van der Waals surface area contributed by atoms with Gasteiger partial charge >= 0.3 is 0 Å². The van der Waals surface area contributed by atoms with Gasteiger partial charge in [-0.3, -0.25) is 24.2 Å². The average molecular weight is 907 g/mol. The summed E-state index contributed by atoms with van der Waals surface area (Å²) in [6.45, 7) is 10.7. The summed E-state index contributed by atoms with van der Waals surface area (Å²) in [4.78, 5) is 69.5. The van der Waals surface area contributed by atoms with Crippen LogP contribution in [0.25, 0.3) is 33.0 Å². The zero-order valence-corrected chi connectivity index (χ0v) is 38.0. The number of imidazole rings is 1. The first-order valence-corrected chi connectivity index (χ1v) is 22.5. The lowest BCUT2D eigenvalue weighted by Gasteiger charge is -2.27. The zero-order valence-electron chi connectivity index (χ0n) is 38.0. The van der Waals surface area contributed by atoms with Crippen LogP contribution in [0.4, 0.5) is 17.3 Å². The van der Waals surface area contributed by atoms with Gasteiger partial charge in [0.15, 0.2) is 11.2 Å². The first-order valence-electron chi connectivity index (χ1n) is 22.5. The smallest absolute Gasteiger partial charge is 0.280 e. The van der Waals surface area contributed by atoms with Crippen molar-refractivity contribution in [2.24, 2.45) is 5.41 Å². The van der Waals surface area contributed by atoms with E-state index in [-0.39, 0.29) is 59.7 Å². The average Bonchev–Trinajstić information content (AvgIpc) is 3.66. The molecule has 352 valence electrons. The maximum absolute atomic E-state index is 12.7. The van der Waals surface area contributed by atoms with Gasteiger partial charge in [0, 0.05) is 67.5 Å². The Hall–Kier alpha value is -6.70. The van der Waals surface area contributed by atoms with E-state index in [1.54, 1.807) is 24.3 Å². The molecule has 0 aliphatic carbocycles. The SMILES string of the molecule is CCCCc1nc2c(N)cc3ccccc3c2n1CC(C)(C)CNC(=O)CCOCCOCCOCCNC(=O)CCCNC(=O)c1ccc(NCc2cnc3nc(N)[nH]c(=O)c3n2)cc1. The number of unbranched alkanes of at least 4 members (excludes halogenated alkanes) is 1. The molecular formula is C47H62N12O7. The van der Waals surface area contributed by atoms with Gasteiger partial charge in [0.2, 0.25) is 17.8 Å². The summed E-state index contributed by atoms with van der Waals surface area (Å²) < 4.78 is 19.0. The standard InChI is InChI=1S/C47H62N12O7/c1-4-5-11-37-56-40-36(48)26-32-9-6-7-10-35(32)42(40)59(37)30-47(2,3)29-54-39(61)17-20-64-22-24-66-25-23-65-21-19-50-38(60)12-8-18-51-44(62)31-13-15-33(16-14-31)52-27-34-28-53-43-41(55-34)45(63)58-46(49)57-43/h6-7,9-10,13-16,26,28,52H,4-5,8,11-12,17-25,27,29-30,48H2,1-3H3,(H,50,60)(H,51,62)(H,54,61)(H3,49,53,57,58,63). The van der Waals surface area contributed by atoms with E-state index in [1.165, 1.54) is 6.20 Å². The number of nitrogens with zero attached hydrogens (tertiary/aromatic N) is 5. The number of anilines is 3. The Balaban J connectivity index is 0.754. The fourth-order valence-electron chi connectivity index (χ4n) is 7.25. The highest BCUT2D eigenvalue weighted by Gasteiger charge is 2.25. The maximum Gasteiger partial charge on any atom is 0.280 e. The van der Waals surface area contributed by atoms with Gasteiger partial charge in [0.05, 0.1) is 69.3 Å². The summed E-state index contributed by atoms with van der Waals surface area (Å²) in [6, 6.07) is 17.1. The van der Waals surface area contributed by atoms with Crippen molar-refractivity contribution in [1.29, 1.82) is 0 Å². The lowest BCUT2D eigenvalue weighted by atomic mass is 9.92. The normalized spacial score (nSPS) is 11.6. The van der Waals surface area contributed by atoms with E-state index in [0.29, 0.717) is 89.1 Å². The molecule has 0 radical (unpaired) electrons. The number of carbonyl (C=O) groups is 3. The highest BCUT2D eigenvalue weighted by Crippen LogP contribution is 2.33. The quantitative estimate of drug-likeness (QED) is 0.0282. The molecule has 0 saturated carbocycles. The number of rotatable bonds is 27. The molecular weight excluding hydrogens is 845 g/mol. The molecule has 0 aliphatic heterocycles. The van der Waals surface area contributed by atoms with Crippen LogP contribution in [-0.4, -0.2) is 106 Å². The molecule has 3 aromatic heterocycles. The second kappa shape index (κ2) is 24.0.